The molecule has 2 N–H and O–H groups in total. The minimum absolute atomic E-state index is 0. The number of nitrogens with one attached hydrogen (secondary N) is 2. The van der Waals surface area contributed by atoms with Gasteiger partial charge in [0.25, 0.3) is 0 Å². The Morgan fingerprint density at radius 1 is 1.38 bits per heavy atom. The maximum absolute atomic E-state index is 13.7. The Morgan fingerprint density at radius 2 is 2.00 bits per heavy atom. The summed E-state index contributed by atoms with van der Waals surface area (Å²) in [5.41, 5.74) is -0.0792. The predicted molar refractivity (Wildman–Crippen MR) is 86.7 cm³/mol. The second kappa shape index (κ2) is 7.37. The maximum atomic E-state index is 13.7. The summed E-state index contributed by atoms with van der Waals surface area (Å²) in [5, 5.41) is 3.24. The van der Waals surface area contributed by atoms with Crippen LogP contribution in [0.4, 0.5) is 4.39 Å². The van der Waals surface area contributed by atoms with E-state index >= 15 is 0 Å². The molecule has 0 aromatic heterocycles. The van der Waals surface area contributed by atoms with Gasteiger partial charge in [-0.25, -0.2) is 17.5 Å². The quantitative estimate of drug-likeness (QED) is 0.815. The summed E-state index contributed by atoms with van der Waals surface area (Å²) >= 11 is 3.11. The lowest BCUT2D eigenvalue weighted by atomic mass is 9.81. The van der Waals surface area contributed by atoms with E-state index in [2.05, 4.69) is 26.0 Å². The third kappa shape index (κ3) is 4.89. The highest BCUT2D eigenvalue weighted by Gasteiger charge is 2.29. The van der Waals surface area contributed by atoms with Crippen molar-refractivity contribution >= 4 is 38.4 Å². The molecule has 0 saturated carbocycles. The van der Waals surface area contributed by atoms with Crippen molar-refractivity contribution in [3.05, 3.63) is 28.5 Å². The van der Waals surface area contributed by atoms with Crippen molar-refractivity contribution in [1.82, 2.24) is 10.0 Å². The topological polar surface area (TPSA) is 58.2 Å². The van der Waals surface area contributed by atoms with E-state index in [1.165, 1.54) is 12.1 Å². The first kappa shape index (κ1) is 18.8. The fraction of sp³-hybridized carbons (Fsp3) is 0.538. The van der Waals surface area contributed by atoms with Gasteiger partial charge in [0.05, 0.1) is 0 Å². The first-order valence-electron chi connectivity index (χ1n) is 6.48. The first-order chi connectivity index (χ1) is 9.32. The zero-order chi connectivity index (χ0) is 14.8. The molecule has 1 fully saturated rings. The minimum Gasteiger partial charge on any atom is -0.317 e. The Hall–Kier alpha value is -0.210. The van der Waals surface area contributed by atoms with E-state index < -0.39 is 15.8 Å². The number of piperidine rings is 1. The average Bonchev–Trinajstić information content (AvgIpc) is 2.37. The van der Waals surface area contributed by atoms with Crippen molar-refractivity contribution in [2.75, 3.05) is 19.6 Å². The van der Waals surface area contributed by atoms with Gasteiger partial charge in [0.1, 0.15) is 10.7 Å². The number of halogens is 3. The third-order valence-corrected chi connectivity index (χ3v) is 5.61. The predicted octanol–water partition coefficient (Wildman–Crippen LogP) is 2.68. The van der Waals surface area contributed by atoms with Crippen LogP contribution in [0.25, 0.3) is 0 Å². The Kier molecular flexibility index (Phi) is 6.61. The van der Waals surface area contributed by atoms with Gasteiger partial charge in [-0.15, -0.1) is 12.4 Å². The molecule has 0 radical (unpaired) electrons. The maximum Gasteiger partial charge on any atom is 0.243 e. The van der Waals surface area contributed by atoms with E-state index in [1.807, 2.05) is 6.92 Å². The van der Waals surface area contributed by atoms with Crippen LogP contribution in [0.3, 0.4) is 0 Å². The normalized spacial score (nSPS) is 18.0. The van der Waals surface area contributed by atoms with Crippen molar-refractivity contribution in [3.63, 3.8) is 0 Å². The zero-order valence-corrected chi connectivity index (χ0v) is 14.9. The molecule has 0 atom stereocenters. The van der Waals surface area contributed by atoms with Gasteiger partial charge in [-0.3, -0.25) is 0 Å². The van der Waals surface area contributed by atoms with Gasteiger partial charge in [-0.2, -0.15) is 0 Å². The van der Waals surface area contributed by atoms with Crippen molar-refractivity contribution in [2.24, 2.45) is 5.41 Å². The van der Waals surface area contributed by atoms with Crippen LogP contribution in [0.1, 0.15) is 19.8 Å². The number of rotatable bonds is 4. The number of benzene rings is 1. The summed E-state index contributed by atoms with van der Waals surface area (Å²) < 4.78 is 41.1. The first-order valence-corrected chi connectivity index (χ1v) is 8.76. The van der Waals surface area contributed by atoms with Crippen molar-refractivity contribution in [1.29, 1.82) is 0 Å². The summed E-state index contributed by atoms with van der Waals surface area (Å²) in [7, 11) is -3.81. The highest BCUT2D eigenvalue weighted by molar-refractivity contribution is 9.10. The van der Waals surface area contributed by atoms with Crippen molar-refractivity contribution in [2.45, 2.75) is 24.7 Å². The molecule has 0 bridgehead atoms. The van der Waals surface area contributed by atoms with Gasteiger partial charge in [0.2, 0.25) is 10.0 Å². The molecule has 4 nitrogen and oxygen atoms in total. The molecule has 21 heavy (non-hydrogen) atoms. The Bertz CT molecular complexity index is 592. The van der Waals surface area contributed by atoms with Crippen LogP contribution in [0.15, 0.2) is 27.6 Å². The Labute approximate surface area is 139 Å². The molecule has 1 aromatic rings. The molecular weight excluding hydrogens is 383 g/mol. The van der Waals surface area contributed by atoms with Crippen LogP contribution in [0.2, 0.25) is 0 Å². The second-order valence-corrected chi connectivity index (χ2v) is 8.11. The molecule has 1 aliphatic heterocycles. The van der Waals surface area contributed by atoms with Gasteiger partial charge < -0.3 is 5.32 Å². The molecule has 1 saturated heterocycles. The molecule has 1 heterocycles. The van der Waals surface area contributed by atoms with Gasteiger partial charge in [0, 0.05) is 11.0 Å². The van der Waals surface area contributed by atoms with Gasteiger partial charge >= 0.3 is 0 Å². The fourth-order valence-electron chi connectivity index (χ4n) is 2.25. The van der Waals surface area contributed by atoms with Crippen LogP contribution in [0.5, 0.6) is 0 Å². The van der Waals surface area contributed by atoms with E-state index in [0.717, 1.165) is 32.0 Å². The molecule has 0 aliphatic carbocycles. The number of sulfonamides is 1. The standard InChI is InChI=1S/C13H18BrFN2O2S.ClH/c1-13(4-6-16-7-5-13)9-17-20(18,19)12-3-2-10(14)8-11(12)15;/h2-3,8,16-17H,4-7,9H2,1H3;1H. The molecular formula is C13H19BrClFN2O2S. The molecule has 1 aromatic carbocycles. The SMILES string of the molecule is CC1(CNS(=O)(=O)c2ccc(Br)cc2F)CCNCC1.Cl. The van der Waals surface area contributed by atoms with Crippen molar-refractivity contribution < 1.29 is 12.8 Å². The van der Waals surface area contributed by atoms with Crippen LogP contribution in [-0.2, 0) is 10.0 Å². The Balaban J connectivity index is 0.00000220. The third-order valence-electron chi connectivity index (χ3n) is 3.68. The Morgan fingerprint density at radius 3 is 2.57 bits per heavy atom. The number of hydrogen-bond acceptors (Lipinski definition) is 3. The van der Waals surface area contributed by atoms with E-state index in [9.17, 15) is 12.8 Å². The highest BCUT2D eigenvalue weighted by Crippen LogP contribution is 2.27. The summed E-state index contributed by atoms with van der Waals surface area (Å²) in [5.74, 6) is -0.748. The minimum atomic E-state index is -3.81. The summed E-state index contributed by atoms with van der Waals surface area (Å²) in [4.78, 5) is -0.307. The molecule has 0 unspecified atom stereocenters. The zero-order valence-electron chi connectivity index (χ0n) is 11.7. The summed E-state index contributed by atoms with van der Waals surface area (Å²) in [6.45, 7) is 4.14. The van der Waals surface area contributed by atoms with E-state index in [1.54, 1.807) is 0 Å². The van der Waals surface area contributed by atoms with E-state index in [0.29, 0.717) is 11.0 Å². The molecule has 120 valence electrons. The summed E-state index contributed by atoms with van der Waals surface area (Å²) in [6.07, 6.45) is 1.80. The number of hydrogen-bond donors (Lipinski definition) is 2. The van der Waals surface area contributed by atoms with E-state index in [-0.39, 0.29) is 22.7 Å². The van der Waals surface area contributed by atoms with Crippen LogP contribution in [-0.4, -0.2) is 28.1 Å². The molecule has 1 aliphatic rings. The van der Waals surface area contributed by atoms with E-state index in [4.69, 9.17) is 0 Å². The average molecular weight is 402 g/mol. The molecule has 2 rings (SSSR count). The lowest BCUT2D eigenvalue weighted by Crippen LogP contribution is -2.43. The molecule has 0 amide bonds. The smallest absolute Gasteiger partial charge is 0.243 e. The lowest BCUT2D eigenvalue weighted by Gasteiger charge is -2.34. The van der Waals surface area contributed by atoms with Crippen LogP contribution in [0, 0.1) is 11.2 Å². The van der Waals surface area contributed by atoms with Crippen LogP contribution < -0.4 is 10.0 Å². The van der Waals surface area contributed by atoms with Crippen molar-refractivity contribution in [3.8, 4) is 0 Å². The largest absolute Gasteiger partial charge is 0.317 e. The lowest BCUT2D eigenvalue weighted by molar-refractivity contribution is 0.232. The second-order valence-electron chi connectivity index (χ2n) is 5.46. The molecule has 8 heteroatoms. The summed E-state index contributed by atoms with van der Waals surface area (Å²) in [6, 6.07) is 3.94. The molecule has 0 spiro atoms. The monoisotopic (exact) mass is 400 g/mol. The van der Waals surface area contributed by atoms with Gasteiger partial charge in [-0.1, -0.05) is 22.9 Å². The van der Waals surface area contributed by atoms with Gasteiger partial charge in [0.15, 0.2) is 0 Å². The fourth-order valence-corrected chi connectivity index (χ4v) is 3.84. The highest BCUT2D eigenvalue weighted by atomic mass is 79.9. The van der Waals surface area contributed by atoms with Gasteiger partial charge in [-0.05, 0) is 49.5 Å². The van der Waals surface area contributed by atoms with Crippen LogP contribution >= 0.6 is 28.3 Å².